The van der Waals surface area contributed by atoms with Crippen LogP contribution in [0.5, 0.6) is 0 Å². The van der Waals surface area contributed by atoms with E-state index in [1.807, 2.05) is 49.9 Å². The van der Waals surface area contributed by atoms with Crippen LogP contribution >= 0.6 is 11.6 Å². The third kappa shape index (κ3) is 4.22. The van der Waals surface area contributed by atoms with E-state index in [-0.39, 0.29) is 28.8 Å². The van der Waals surface area contributed by atoms with Crippen LogP contribution in [0.25, 0.3) is 0 Å². The molecule has 0 saturated carbocycles. The molecule has 1 aromatic carbocycles. The zero-order valence-electron chi connectivity index (χ0n) is 20.1. The Balaban J connectivity index is 1.40. The van der Waals surface area contributed by atoms with Gasteiger partial charge in [-0.2, -0.15) is 0 Å². The fourth-order valence-electron chi connectivity index (χ4n) is 5.06. The lowest BCUT2D eigenvalue weighted by atomic mass is 9.66. The SMILES string of the molecule is CC(C)(C)OC(=O)N1CCN(c2nc(Cl)nc3c2CCC2(Cc4ccccc4NC2=O)C3=O)CC1. The van der Waals surface area contributed by atoms with Gasteiger partial charge >= 0.3 is 6.09 Å². The van der Waals surface area contributed by atoms with Gasteiger partial charge in [-0.1, -0.05) is 18.2 Å². The first kappa shape index (κ1) is 23.5. The van der Waals surface area contributed by atoms with Gasteiger partial charge in [-0.05, 0) is 63.3 Å². The van der Waals surface area contributed by atoms with Gasteiger partial charge in [0, 0.05) is 37.4 Å². The molecule has 1 aromatic heterocycles. The number of halogens is 1. The Hall–Kier alpha value is -3.20. The number of piperazine rings is 1. The van der Waals surface area contributed by atoms with Crippen molar-refractivity contribution in [1.29, 1.82) is 0 Å². The number of fused-ring (bicyclic) bond motifs is 2. The number of ketones is 1. The first-order valence-corrected chi connectivity index (χ1v) is 12.2. The number of carbonyl (C=O) groups is 3. The molecule has 1 spiro atoms. The van der Waals surface area contributed by atoms with Gasteiger partial charge in [0.05, 0.1) is 0 Å². The molecule has 1 saturated heterocycles. The number of amides is 2. The molecule has 3 heterocycles. The molecule has 1 atom stereocenters. The van der Waals surface area contributed by atoms with Crippen LogP contribution in [0.15, 0.2) is 24.3 Å². The Kier molecular flexibility index (Phi) is 5.70. The van der Waals surface area contributed by atoms with Gasteiger partial charge in [0.2, 0.25) is 11.2 Å². The molecule has 1 fully saturated rings. The van der Waals surface area contributed by atoms with Gasteiger partial charge in [-0.15, -0.1) is 0 Å². The summed E-state index contributed by atoms with van der Waals surface area (Å²) in [6, 6.07) is 7.54. The van der Waals surface area contributed by atoms with Crippen LogP contribution < -0.4 is 10.2 Å². The second kappa shape index (κ2) is 8.48. The summed E-state index contributed by atoms with van der Waals surface area (Å²) in [5, 5.41) is 2.88. The van der Waals surface area contributed by atoms with Crippen LogP contribution in [-0.2, 0) is 22.4 Å². The third-order valence-electron chi connectivity index (χ3n) is 6.83. The Labute approximate surface area is 208 Å². The monoisotopic (exact) mass is 497 g/mol. The molecule has 10 heteroatoms. The average Bonchev–Trinajstić information content (AvgIpc) is 2.81. The van der Waals surface area contributed by atoms with E-state index in [1.54, 1.807) is 4.90 Å². The minimum atomic E-state index is -1.20. The predicted octanol–water partition coefficient (Wildman–Crippen LogP) is 3.50. The number of carbonyl (C=O) groups excluding carboxylic acids is 3. The molecule has 1 aliphatic carbocycles. The minimum Gasteiger partial charge on any atom is -0.444 e. The van der Waals surface area contributed by atoms with Crippen LogP contribution in [0, 0.1) is 5.41 Å². The number of Topliss-reactive ketones (excluding diaryl/α,β-unsaturated/α-hetero) is 1. The maximum atomic E-state index is 13.8. The molecule has 2 aliphatic heterocycles. The molecule has 2 amide bonds. The molecule has 3 aliphatic rings. The number of nitrogens with zero attached hydrogens (tertiary/aromatic N) is 4. The Morgan fingerprint density at radius 2 is 1.83 bits per heavy atom. The number of anilines is 2. The maximum absolute atomic E-state index is 13.8. The van der Waals surface area contributed by atoms with E-state index in [2.05, 4.69) is 15.3 Å². The Bertz CT molecular complexity index is 1220. The summed E-state index contributed by atoms with van der Waals surface area (Å²) in [7, 11) is 0. The Morgan fingerprint density at radius 1 is 1.11 bits per heavy atom. The van der Waals surface area contributed by atoms with Crippen molar-refractivity contribution in [3.05, 3.63) is 46.4 Å². The highest BCUT2D eigenvalue weighted by Crippen LogP contribution is 2.44. The van der Waals surface area contributed by atoms with E-state index >= 15 is 0 Å². The van der Waals surface area contributed by atoms with Gasteiger partial charge in [0.25, 0.3) is 0 Å². The summed E-state index contributed by atoms with van der Waals surface area (Å²) in [5.41, 5.74) is 0.841. The quantitative estimate of drug-likeness (QED) is 0.475. The number of aromatic nitrogens is 2. The molecular formula is C25H28ClN5O4. The lowest BCUT2D eigenvalue weighted by molar-refractivity contribution is -0.124. The fourth-order valence-corrected chi connectivity index (χ4v) is 5.22. The first-order chi connectivity index (χ1) is 16.6. The normalized spacial score (nSPS) is 21.9. The van der Waals surface area contributed by atoms with Gasteiger partial charge in [0.15, 0.2) is 5.78 Å². The van der Waals surface area contributed by atoms with Crippen molar-refractivity contribution in [2.45, 2.75) is 45.6 Å². The third-order valence-corrected chi connectivity index (χ3v) is 7.00. The summed E-state index contributed by atoms with van der Waals surface area (Å²) < 4.78 is 5.48. The standard InChI is InChI=1S/C25H28ClN5O4/c1-24(2,3)35-23(34)31-12-10-30(11-13-31)20-16-8-9-25(19(32)18(16)28-22(26)29-20)14-15-6-4-5-7-17(15)27-21(25)33/h4-7H,8-14H2,1-3H3,(H,27,33). The van der Waals surface area contributed by atoms with E-state index in [9.17, 15) is 14.4 Å². The molecule has 1 unspecified atom stereocenters. The molecule has 184 valence electrons. The molecule has 5 rings (SSSR count). The van der Waals surface area contributed by atoms with Crippen LogP contribution in [-0.4, -0.2) is 64.4 Å². The topological polar surface area (TPSA) is 105 Å². The molecule has 2 aromatic rings. The predicted molar refractivity (Wildman–Crippen MR) is 131 cm³/mol. The second-order valence-corrected chi connectivity index (χ2v) is 10.6. The highest BCUT2D eigenvalue weighted by molar-refractivity contribution is 6.29. The molecule has 1 N–H and O–H groups in total. The van der Waals surface area contributed by atoms with Gasteiger partial charge < -0.3 is 19.9 Å². The molecular weight excluding hydrogens is 470 g/mol. The molecule has 0 bridgehead atoms. The van der Waals surface area contributed by atoms with Gasteiger partial charge in [-0.3, -0.25) is 9.59 Å². The number of nitrogens with one attached hydrogen (secondary N) is 1. The Morgan fingerprint density at radius 3 is 2.54 bits per heavy atom. The van der Waals surface area contributed by atoms with Crippen molar-refractivity contribution in [3.63, 3.8) is 0 Å². The first-order valence-electron chi connectivity index (χ1n) is 11.8. The number of rotatable bonds is 1. The average molecular weight is 498 g/mol. The summed E-state index contributed by atoms with van der Waals surface area (Å²) in [6.45, 7) is 7.48. The van der Waals surface area contributed by atoms with Crippen molar-refractivity contribution in [3.8, 4) is 0 Å². The van der Waals surface area contributed by atoms with E-state index in [0.717, 1.165) is 11.3 Å². The molecule has 0 radical (unpaired) electrons. The number of benzene rings is 1. The second-order valence-electron chi connectivity index (χ2n) is 10.3. The van der Waals surface area contributed by atoms with E-state index < -0.39 is 11.0 Å². The highest BCUT2D eigenvalue weighted by atomic mass is 35.5. The minimum absolute atomic E-state index is 0.0321. The summed E-state index contributed by atoms with van der Waals surface area (Å²) in [5.74, 6) is -0.0125. The van der Waals surface area contributed by atoms with E-state index in [4.69, 9.17) is 16.3 Å². The zero-order valence-corrected chi connectivity index (χ0v) is 20.8. The largest absolute Gasteiger partial charge is 0.444 e. The van der Waals surface area contributed by atoms with Gasteiger partial charge in [0.1, 0.15) is 22.5 Å². The number of ether oxygens (including phenoxy) is 1. The summed E-state index contributed by atoms with van der Waals surface area (Å²) in [6.07, 6.45) is 0.837. The zero-order chi connectivity index (χ0) is 25.0. The molecule has 9 nitrogen and oxygen atoms in total. The summed E-state index contributed by atoms with van der Waals surface area (Å²) in [4.78, 5) is 51.8. The number of para-hydroxylation sites is 1. The van der Waals surface area contributed by atoms with E-state index in [1.165, 1.54) is 0 Å². The summed E-state index contributed by atoms with van der Waals surface area (Å²) >= 11 is 6.28. The number of hydrogen-bond acceptors (Lipinski definition) is 7. The van der Waals surface area contributed by atoms with Crippen molar-refractivity contribution < 1.29 is 19.1 Å². The highest BCUT2D eigenvalue weighted by Gasteiger charge is 2.52. The lowest BCUT2D eigenvalue weighted by Gasteiger charge is -2.40. The van der Waals surface area contributed by atoms with Crippen molar-refractivity contribution >= 4 is 40.9 Å². The van der Waals surface area contributed by atoms with Crippen LogP contribution in [0.2, 0.25) is 5.28 Å². The maximum Gasteiger partial charge on any atom is 0.410 e. The fraction of sp³-hybridized carbons (Fsp3) is 0.480. The van der Waals surface area contributed by atoms with Crippen molar-refractivity contribution in [2.24, 2.45) is 5.41 Å². The lowest BCUT2D eigenvalue weighted by Crippen LogP contribution is -2.52. The smallest absolute Gasteiger partial charge is 0.410 e. The van der Waals surface area contributed by atoms with Crippen LogP contribution in [0.3, 0.4) is 0 Å². The van der Waals surface area contributed by atoms with Crippen molar-refractivity contribution in [1.82, 2.24) is 14.9 Å². The number of hydrogen-bond donors (Lipinski definition) is 1. The van der Waals surface area contributed by atoms with Crippen LogP contribution in [0.1, 0.15) is 48.8 Å². The van der Waals surface area contributed by atoms with E-state index in [0.29, 0.717) is 56.8 Å². The van der Waals surface area contributed by atoms with Gasteiger partial charge in [-0.25, -0.2) is 14.8 Å². The van der Waals surface area contributed by atoms with Crippen molar-refractivity contribution in [2.75, 3.05) is 36.4 Å². The molecule has 35 heavy (non-hydrogen) atoms. The van der Waals surface area contributed by atoms with Crippen LogP contribution in [0.4, 0.5) is 16.3 Å².